The number of hydrogen-bond acceptors (Lipinski definition) is 5. The van der Waals surface area contributed by atoms with Crippen LogP contribution >= 0.6 is 0 Å². The summed E-state index contributed by atoms with van der Waals surface area (Å²) >= 11 is 0. The topological polar surface area (TPSA) is 81.7 Å². The number of nitrogens with one attached hydrogen (secondary N) is 1. The summed E-state index contributed by atoms with van der Waals surface area (Å²) in [7, 11) is -2.45. The quantitative estimate of drug-likeness (QED) is 0.798. The van der Waals surface area contributed by atoms with Crippen LogP contribution in [-0.4, -0.2) is 28.1 Å². The molecular weight excluding hydrogens is 342 g/mol. The third kappa shape index (κ3) is 4.73. The number of aryl methyl sites for hydroxylation is 3. The average Bonchev–Trinajstić information content (AvgIpc) is 2.56. The van der Waals surface area contributed by atoms with Crippen LogP contribution in [0.25, 0.3) is 0 Å². The van der Waals surface area contributed by atoms with Crippen molar-refractivity contribution in [3.05, 3.63) is 53.1 Å². The number of ether oxygens (including phenoxy) is 2. The van der Waals surface area contributed by atoms with E-state index in [9.17, 15) is 13.2 Å². The largest absolute Gasteiger partial charge is 0.482 e. The number of benzene rings is 2. The molecule has 0 fully saturated rings. The first kappa shape index (κ1) is 18.8. The first-order valence-electron chi connectivity index (χ1n) is 7.63. The average molecular weight is 363 g/mol. The molecular formula is C18H21NO5S. The number of methoxy groups -OCH3 is 1. The van der Waals surface area contributed by atoms with Gasteiger partial charge in [0.2, 0.25) is 0 Å². The molecule has 2 aromatic carbocycles. The van der Waals surface area contributed by atoms with Crippen molar-refractivity contribution >= 4 is 21.7 Å². The Balaban J connectivity index is 2.23. The van der Waals surface area contributed by atoms with E-state index < -0.39 is 16.0 Å². The maximum Gasteiger partial charge on any atom is 0.343 e. The van der Waals surface area contributed by atoms with Crippen molar-refractivity contribution in [1.29, 1.82) is 0 Å². The number of carbonyl (C=O) groups is 1. The van der Waals surface area contributed by atoms with Gasteiger partial charge < -0.3 is 9.47 Å². The predicted molar refractivity (Wildman–Crippen MR) is 95.4 cm³/mol. The van der Waals surface area contributed by atoms with Crippen LogP contribution in [0.2, 0.25) is 0 Å². The molecule has 2 aromatic rings. The summed E-state index contributed by atoms with van der Waals surface area (Å²) in [6.45, 7) is 5.22. The van der Waals surface area contributed by atoms with Gasteiger partial charge in [0.25, 0.3) is 10.0 Å². The Labute approximate surface area is 147 Å². The standard InChI is InChI=1S/C18H21NO5S/c1-12-5-6-13(2)16(9-12)19-25(21,22)15-7-8-17(14(3)10-15)24-11-18(20)23-4/h5-10,19H,11H2,1-4H3. The summed E-state index contributed by atoms with van der Waals surface area (Å²) in [6.07, 6.45) is 0. The highest BCUT2D eigenvalue weighted by atomic mass is 32.2. The highest BCUT2D eigenvalue weighted by Gasteiger charge is 2.17. The highest BCUT2D eigenvalue weighted by molar-refractivity contribution is 7.92. The second kappa shape index (κ2) is 7.57. The summed E-state index contributed by atoms with van der Waals surface area (Å²) in [5, 5.41) is 0. The third-order valence-corrected chi connectivity index (χ3v) is 5.03. The SMILES string of the molecule is COC(=O)COc1ccc(S(=O)(=O)Nc2cc(C)ccc2C)cc1C. The summed E-state index contributed by atoms with van der Waals surface area (Å²) in [5.41, 5.74) is 2.95. The zero-order chi connectivity index (χ0) is 18.6. The lowest BCUT2D eigenvalue weighted by Gasteiger charge is -2.13. The van der Waals surface area contributed by atoms with Crippen molar-refractivity contribution in [3.63, 3.8) is 0 Å². The zero-order valence-corrected chi connectivity index (χ0v) is 15.4. The van der Waals surface area contributed by atoms with Gasteiger partial charge in [0, 0.05) is 0 Å². The van der Waals surface area contributed by atoms with E-state index in [-0.39, 0.29) is 11.5 Å². The fraction of sp³-hybridized carbons (Fsp3) is 0.278. The van der Waals surface area contributed by atoms with Gasteiger partial charge in [-0.15, -0.1) is 0 Å². The van der Waals surface area contributed by atoms with Crippen molar-refractivity contribution in [1.82, 2.24) is 0 Å². The minimum absolute atomic E-state index is 0.122. The van der Waals surface area contributed by atoms with Gasteiger partial charge in [0.05, 0.1) is 17.7 Å². The van der Waals surface area contributed by atoms with Crippen molar-refractivity contribution < 1.29 is 22.7 Å². The lowest BCUT2D eigenvalue weighted by Crippen LogP contribution is -2.15. The fourth-order valence-electron chi connectivity index (χ4n) is 2.20. The summed E-state index contributed by atoms with van der Waals surface area (Å²) in [4.78, 5) is 11.3. The van der Waals surface area contributed by atoms with E-state index in [1.54, 1.807) is 13.0 Å². The van der Waals surface area contributed by atoms with Crippen molar-refractivity contribution in [2.75, 3.05) is 18.4 Å². The molecule has 0 bridgehead atoms. The monoisotopic (exact) mass is 363 g/mol. The molecule has 0 amide bonds. The molecule has 0 aliphatic rings. The summed E-state index contributed by atoms with van der Waals surface area (Å²) in [5.74, 6) is -0.0798. The van der Waals surface area contributed by atoms with Gasteiger partial charge in [-0.05, 0) is 61.7 Å². The van der Waals surface area contributed by atoms with Crippen LogP contribution in [0.1, 0.15) is 16.7 Å². The maximum atomic E-state index is 12.6. The van der Waals surface area contributed by atoms with Crippen LogP contribution in [0.4, 0.5) is 5.69 Å². The van der Waals surface area contributed by atoms with Crippen LogP contribution in [0.3, 0.4) is 0 Å². The smallest absolute Gasteiger partial charge is 0.343 e. The number of esters is 1. The van der Waals surface area contributed by atoms with E-state index in [0.29, 0.717) is 17.0 Å². The molecule has 25 heavy (non-hydrogen) atoms. The van der Waals surface area contributed by atoms with Crippen molar-refractivity contribution in [3.8, 4) is 5.75 Å². The van der Waals surface area contributed by atoms with Gasteiger partial charge in [-0.3, -0.25) is 4.72 Å². The third-order valence-electron chi connectivity index (χ3n) is 3.67. The Morgan fingerprint density at radius 3 is 2.40 bits per heavy atom. The Bertz CT molecular complexity index is 890. The Hall–Kier alpha value is -2.54. The van der Waals surface area contributed by atoms with E-state index in [1.807, 2.05) is 26.0 Å². The molecule has 0 aromatic heterocycles. The molecule has 6 nitrogen and oxygen atoms in total. The second-order valence-corrected chi connectivity index (χ2v) is 7.40. The summed E-state index contributed by atoms with van der Waals surface area (Å²) < 4.78 is 37.7. The van der Waals surface area contributed by atoms with Crippen molar-refractivity contribution in [2.45, 2.75) is 25.7 Å². The Morgan fingerprint density at radius 2 is 1.76 bits per heavy atom. The highest BCUT2D eigenvalue weighted by Crippen LogP contribution is 2.25. The molecule has 0 heterocycles. The van der Waals surface area contributed by atoms with E-state index in [2.05, 4.69) is 9.46 Å². The molecule has 0 aliphatic heterocycles. The van der Waals surface area contributed by atoms with Gasteiger partial charge >= 0.3 is 5.97 Å². The van der Waals surface area contributed by atoms with E-state index >= 15 is 0 Å². The minimum atomic E-state index is -3.72. The van der Waals surface area contributed by atoms with Gasteiger partial charge in [-0.2, -0.15) is 0 Å². The second-order valence-electron chi connectivity index (χ2n) is 5.72. The van der Waals surface area contributed by atoms with Crippen LogP contribution in [0.5, 0.6) is 5.75 Å². The van der Waals surface area contributed by atoms with E-state index in [0.717, 1.165) is 11.1 Å². The Kier molecular flexibility index (Phi) is 5.69. The molecule has 0 spiro atoms. The van der Waals surface area contributed by atoms with Crippen LogP contribution < -0.4 is 9.46 Å². The number of hydrogen-bond donors (Lipinski definition) is 1. The van der Waals surface area contributed by atoms with Crippen LogP contribution in [-0.2, 0) is 19.6 Å². The lowest BCUT2D eigenvalue weighted by molar-refractivity contribution is -0.142. The maximum absolute atomic E-state index is 12.6. The van der Waals surface area contributed by atoms with Gasteiger partial charge in [0.15, 0.2) is 6.61 Å². The fourth-order valence-corrected chi connectivity index (χ4v) is 3.40. The van der Waals surface area contributed by atoms with Gasteiger partial charge in [-0.25, -0.2) is 13.2 Å². The summed E-state index contributed by atoms with van der Waals surface area (Å²) in [6, 6.07) is 10.0. The Morgan fingerprint density at radius 1 is 1.04 bits per heavy atom. The van der Waals surface area contributed by atoms with Crippen LogP contribution in [0, 0.1) is 20.8 Å². The van der Waals surface area contributed by atoms with E-state index in [1.165, 1.54) is 25.3 Å². The molecule has 0 atom stereocenters. The van der Waals surface area contributed by atoms with Crippen LogP contribution in [0.15, 0.2) is 41.3 Å². The molecule has 0 saturated heterocycles. The zero-order valence-electron chi connectivity index (χ0n) is 14.6. The molecule has 1 N–H and O–H groups in total. The first-order valence-corrected chi connectivity index (χ1v) is 9.11. The molecule has 7 heteroatoms. The van der Waals surface area contributed by atoms with E-state index in [4.69, 9.17) is 4.74 Å². The molecule has 0 saturated carbocycles. The number of sulfonamides is 1. The normalized spacial score (nSPS) is 11.0. The molecule has 0 aliphatic carbocycles. The molecule has 0 radical (unpaired) electrons. The minimum Gasteiger partial charge on any atom is -0.482 e. The molecule has 2 rings (SSSR count). The molecule has 0 unspecified atom stereocenters. The number of anilines is 1. The lowest BCUT2D eigenvalue weighted by atomic mass is 10.1. The predicted octanol–water partition coefficient (Wildman–Crippen LogP) is 2.96. The number of carbonyl (C=O) groups excluding carboxylic acids is 1. The van der Waals surface area contributed by atoms with Gasteiger partial charge in [0.1, 0.15) is 5.75 Å². The molecule has 134 valence electrons. The first-order chi connectivity index (χ1) is 11.7. The number of rotatable bonds is 6. The van der Waals surface area contributed by atoms with Crippen molar-refractivity contribution in [2.24, 2.45) is 0 Å². The van der Waals surface area contributed by atoms with Gasteiger partial charge in [-0.1, -0.05) is 12.1 Å².